The molecule has 0 saturated carbocycles. The maximum absolute atomic E-state index is 13.5. The number of benzene rings is 2. The number of hydrogen-bond acceptors (Lipinski definition) is 4. The van der Waals surface area contributed by atoms with Gasteiger partial charge in [0.1, 0.15) is 11.5 Å². The van der Waals surface area contributed by atoms with E-state index in [-0.39, 0.29) is 24.8 Å². The number of amides is 2. The summed E-state index contributed by atoms with van der Waals surface area (Å²) in [6.07, 6.45) is 0.00311. The SMILES string of the molecule is COc1cc(OC)c(N2CC(C(=O)NC(C)c3ccc(F)c(F)c3)CC2=O)cc1Cl. The predicted molar refractivity (Wildman–Crippen MR) is 108 cm³/mol. The Morgan fingerprint density at radius 1 is 1.17 bits per heavy atom. The number of anilines is 1. The fourth-order valence-corrected chi connectivity index (χ4v) is 3.60. The fraction of sp³-hybridized carbons (Fsp3) is 0.333. The molecule has 9 heteroatoms. The average Bonchev–Trinajstić information content (AvgIpc) is 3.11. The molecule has 1 saturated heterocycles. The Kier molecular flexibility index (Phi) is 6.45. The van der Waals surface area contributed by atoms with Gasteiger partial charge < -0.3 is 19.7 Å². The smallest absolute Gasteiger partial charge is 0.227 e. The molecule has 0 bridgehead atoms. The average molecular weight is 439 g/mol. The molecule has 1 aliphatic heterocycles. The number of ether oxygens (including phenoxy) is 2. The number of nitrogens with zero attached hydrogens (tertiary/aromatic N) is 1. The molecule has 1 N–H and O–H groups in total. The zero-order valence-electron chi connectivity index (χ0n) is 16.7. The molecule has 2 unspecified atom stereocenters. The predicted octanol–water partition coefficient (Wildman–Crippen LogP) is 3.87. The van der Waals surface area contributed by atoms with E-state index in [0.717, 1.165) is 12.1 Å². The van der Waals surface area contributed by atoms with E-state index in [2.05, 4.69) is 5.32 Å². The van der Waals surface area contributed by atoms with Crippen LogP contribution in [0.25, 0.3) is 0 Å². The molecule has 6 nitrogen and oxygen atoms in total. The third kappa shape index (κ3) is 4.33. The minimum atomic E-state index is -0.987. The van der Waals surface area contributed by atoms with Gasteiger partial charge in [0.15, 0.2) is 11.6 Å². The van der Waals surface area contributed by atoms with Crippen LogP contribution in [0.4, 0.5) is 14.5 Å². The number of hydrogen-bond donors (Lipinski definition) is 1. The number of carbonyl (C=O) groups excluding carboxylic acids is 2. The van der Waals surface area contributed by atoms with Crippen molar-refractivity contribution in [1.82, 2.24) is 5.32 Å². The van der Waals surface area contributed by atoms with Crippen LogP contribution < -0.4 is 19.7 Å². The van der Waals surface area contributed by atoms with Crippen molar-refractivity contribution >= 4 is 29.1 Å². The van der Waals surface area contributed by atoms with Gasteiger partial charge in [0.05, 0.1) is 36.9 Å². The number of carbonyl (C=O) groups is 2. The highest BCUT2D eigenvalue weighted by Gasteiger charge is 2.37. The van der Waals surface area contributed by atoms with Crippen molar-refractivity contribution in [3.8, 4) is 11.5 Å². The normalized spacial score (nSPS) is 17.1. The van der Waals surface area contributed by atoms with Crippen LogP contribution in [0.5, 0.6) is 11.5 Å². The Labute approximate surface area is 177 Å². The highest BCUT2D eigenvalue weighted by molar-refractivity contribution is 6.32. The third-order valence-corrected chi connectivity index (χ3v) is 5.34. The molecule has 0 aliphatic carbocycles. The molecule has 1 heterocycles. The van der Waals surface area contributed by atoms with Crippen molar-refractivity contribution in [3.05, 3.63) is 52.6 Å². The molecule has 2 aromatic rings. The summed E-state index contributed by atoms with van der Waals surface area (Å²) in [4.78, 5) is 26.7. The molecule has 2 amide bonds. The first kappa shape index (κ1) is 21.8. The number of methoxy groups -OCH3 is 2. The van der Waals surface area contributed by atoms with Gasteiger partial charge in [0.25, 0.3) is 0 Å². The molecule has 0 spiro atoms. The first-order valence-electron chi connectivity index (χ1n) is 9.22. The first-order valence-corrected chi connectivity index (χ1v) is 9.60. The second-order valence-corrected chi connectivity index (χ2v) is 7.38. The second kappa shape index (κ2) is 8.87. The zero-order chi connectivity index (χ0) is 22.0. The Morgan fingerprint density at radius 2 is 1.87 bits per heavy atom. The lowest BCUT2D eigenvalue weighted by Gasteiger charge is -2.21. The molecule has 30 heavy (non-hydrogen) atoms. The maximum Gasteiger partial charge on any atom is 0.227 e. The first-order chi connectivity index (χ1) is 14.2. The van der Waals surface area contributed by atoms with Crippen LogP contribution in [0.3, 0.4) is 0 Å². The zero-order valence-corrected chi connectivity index (χ0v) is 17.4. The lowest BCUT2D eigenvalue weighted by atomic mass is 10.0. The van der Waals surface area contributed by atoms with Crippen LogP contribution in [-0.4, -0.2) is 32.6 Å². The molecule has 0 aromatic heterocycles. The van der Waals surface area contributed by atoms with E-state index in [1.54, 1.807) is 19.1 Å². The van der Waals surface area contributed by atoms with Gasteiger partial charge in [-0.05, 0) is 30.7 Å². The minimum Gasteiger partial charge on any atom is -0.495 e. The van der Waals surface area contributed by atoms with Crippen LogP contribution in [0.2, 0.25) is 5.02 Å². The van der Waals surface area contributed by atoms with Gasteiger partial charge in [-0.2, -0.15) is 0 Å². The largest absolute Gasteiger partial charge is 0.495 e. The van der Waals surface area contributed by atoms with Gasteiger partial charge >= 0.3 is 0 Å². The van der Waals surface area contributed by atoms with E-state index < -0.39 is 23.6 Å². The maximum atomic E-state index is 13.5. The Balaban J connectivity index is 1.74. The fourth-order valence-electron chi connectivity index (χ4n) is 3.37. The molecular weight excluding hydrogens is 418 g/mol. The summed E-state index contributed by atoms with van der Waals surface area (Å²) >= 11 is 6.19. The summed E-state index contributed by atoms with van der Waals surface area (Å²) < 4.78 is 37.1. The van der Waals surface area contributed by atoms with Crippen molar-refractivity contribution in [2.45, 2.75) is 19.4 Å². The highest BCUT2D eigenvalue weighted by atomic mass is 35.5. The van der Waals surface area contributed by atoms with Crippen molar-refractivity contribution in [2.24, 2.45) is 5.92 Å². The summed E-state index contributed by atoms with van der Waals surface area (Å²) in [7, 11) is 2.93. The topological polar surface area (TPSA) is 67.9 Å². The Hall–Kier alpha value is -2.87. The standard InChI is InChI=1S/C21H21ClF2N2O4/c1-11(12-4-5-15(23)16(24)6-12)25-21(28)13-7-20(27)26(10-13)17-8-14(22)18(29-2)9-19(17)30-3/h4-6,8-9,11,13H,7,10H2,1-3H3,(H,25,28). The molecule has 1 aliphatic rings. The minimum absolute atomic E-state index is 0.00311. The molecule has 2 aromatic carbocycles. The molecule has 0 radical (unpaired) electrons. The van der Waals surface area contributed by atoms with Crippen molar-refractivity contribution in [1.29, 1.82) is 0 Å². The van der Waals surface area contributed by atoms with Gasteiger partial charge in [-0.3, -0.25) is 9.59 Å². The van der Waals surface area contributed by atoms with E-state index in [4.69, 9.17) is 21.1 Å². The van der Waals surface area contributed by atoms with Crippen molar-refractivity contribution in [2.75, 3.05) is 25.7 Å². The van der Waals surface area contributed by atoms with E-state index in [0.29, 0.717) is 27.8 Å². The number of halogens is 3. The van der Waals surface area contributed by atoms with E-state index in [1.807, 2.05) is 0 Å². The van der Waals surface area contributed by atoms with Crippen LogP contribution in [0.15, 0.2) is 30.3 Å². The molecule has 160 valence electrons. The van der Waals surface area contributed by atoms with Crippen LogP contribution in [-0.2, 0) is 9.59 Å². The summed E-state index contributed by atoms with van der Waals surface area (Å²) in [5.41, 5.74) is 0.865. The van der Waals surface area contributed by atoms with Crippen LogP contribution in [0.1, 0.15) is 24.9 Å². The summed E-state index contributed by atoms with van der Waals surface area (Å²) in [5.74, 6) is -2.38. The quantitative estimate of drug-likeness (QED) is 0.743. The molecule has 3 rings (SSSR count). The van der Waals surface area contributed by atoms with Crippen molar-refractivity contribution in [3.63, 3.8) is 0 Å². The molecule has 2 atom stereocenters. The third-order valence-electron chi connectivity index (χ3n) is 5.04. The van der Waals surface area contributed by atoms with Gasteiger partial charge in [-0.15, -0.1) is 0 Å². The van der Waals surface area contributed by atoms with E-state index in [9.17, 15) is 18.4 Å². The van der Waals surface area contributed by atoms with Gasteiger partial charge in [-0.25, -0.2) is 8.78 Å². The monoisotopic (exact) mass is 438 g/mol. The van der Waals surface area contributed by atoms with Gasteiger partial charge in [-0.1, -0.05) is 17.7 Å². The lowest BCUT2D eigenvalue weighted by Crippen LogP contribution is -2.34. The Bertz CT molecular complexity index is 986. The van der Waals surface area contributed by atoms with E-state index >= 15 is 0 Å². The van der Waals surface area contributed by atoms with Crippen molar-refractivity contribution < 1.29 is 27.8 Å². The van der Waals surface area contributed by atoms with E-state index in [1.165, 1.54) is 25.2 Å². The van der Waals surface area contributed by atoms with Crippen LogP contribution >= 0.6 is 11.6 Å². The lowest BCUT2D eigenvalue weighted by molar-refractivity contribution is -0.126. The van der Waals surface area contributed by atoms with Crippen LogP contribution in [0, 0.1) is 17.6 Å². The number of rotatable bonds is 6. The summed E-state index contributed by atoms with van der Waals surface area (Å²) in [6.45, 7) is 1.79. The highest BCUT2D eigenvalue weighted by Crippen LogP contribution is 2.40. The Morgan fingerprint density at radius 3 is 2.50 bits per heavy atom. The second-order valence-electron chi connectivity index (χ2n) is 6.97. The number of nitrogens with one attached hydrogen (secondary N) is 1. The molecule has 1 fully saturated rings. The molecular formula is C21H21ClF2N2O4. The van der Waals surface area contributed by atoms with Gasteiger partial charge in [0.2, 0.25) is 11.8 Å². The van der Waals surface area contributed by atoms with Gasteiger partial charge in [0, 0.05) is 19.0 Å². The summed E-state index contributed by atoms with van der Waals surface area (Å²) in [5, 5.41) is 3.06. The summed E-state index contributed by atoms with van der Waals surface area (Å²) in [6, 6.07) is 6.02.